The van der Waals surface area contributed by atoms with E-state index in [1.165, 1.54) is 4.90 Å². The molecule has 3 amide bonds. The average molecular weight is 350 g/mol. The van der Waals surface area contributed by atoms with Crippen LogP contribution >= 0.6 is 0 Å². The van der Waals surface area contributed by atoms with Crippen LogP contribution in [0, 0.1) is 35.5 Å². The van der Waals surface area contributed by atoms with Crippen LogP contribution in [0.5, 0.6) is 0 Å². The van der Waals surface area contributed by atoms with E-state index < -0.39 is 0 Å². The molecule has 3 fully saturated rings. The van der Waals surface area contributed by atoms with E-state index in [0.29, 0.717) is 18.4 Å². The molecule has 2 saturated carbocycles. The Hall–Kier alpha value is -2.43. The van der Waals surface area contributed by atoms with Crippen LogP contribution < -0.4 is 5.32 Å². The molecule has 26 heavy (non-hydrogen) atoms. The maximum absolute atomic E-state index is 12.8. The zero-order valence-corrected chi connectivity index (χ0v) is 14.5. The van der Waals surface area contributed by atoms with Gasteiger partial charge in [0, 0.05) is 19.5 Å². The third kappa shape index (κ3) is 2.33. The van der Waals surface area contributed by atoms with Crippen LogP contribution in [-0.4, -0.2) is 29.2 Å². The molecular formula is C21H22N2O3. The second-order valence-electron chi connectivity index (χ2n) is 8.00. The highest BCUT2D eigenvalue weighted by Crippen LogP contribution is 2.65. The molecule has 4 aliphatic carbocycles. The Morgan fingerprint density at radius 3 is 2.23 bits per heavy atom. The fourth-order valence-electron chi connectivity index (χ4n) is 5.34. The predicted octanol–water partition coefficient (Wildman–Crippen LogP) is 1.75. The zero-order chi connectivity index (χ0) is 17.8. The molecule has 1 aromatic carbocycles. The molecule has 1 saturated heterocycles. The maximum Gasteiger partial charge on any atom is 0.233 e. The zero-order valence-electron chi connectivity index (χ0n) is 14.5. The van der Waals surface area contributed by atoms with Gasteiger partial charge in [-0.1, -0.05) is 42.5 Å². The Bertz CT molecular complexity index is 767. The summed E-state index contributed by atoms with van der Waals surface area (Å²) in [5, 5.41) is 2.86. The third-order valence-electron chi connectivity index (χ3n) is 6.65. The molecule has 1 N–H and O–H groups in total. The van der Waals surface area contributed by atoms with Gasteiger partial charge in [-0.3, -0.25) is 19.3 Å². The number of carbonyl (C=O) groups is 3. The van der Waals surface area contributed by atoms with Crippen molar-refractivity contribution >= 4 is 17.7 Å². The van der Waals surface area contributed by atoms with Gasteiger partial charge in [-0.05, 0) is 35.7 Å². The van der Waals surface area contributed by atoms with Gasteiger partial charge in [0.1, 0.15) is 0 Å². The Labute approximate surface area is 152 Å². The molecule has 6 atom stereocenters. The van der Waals surface area contributed by atoms with E-state index in [-0.39, 0.29) is 54.4 Å². The smallest absolute Gasteiger partial charge is 0.233 e. The number of hydrogen-bond acceptors (Lipinski definition) is 3. The van der Waals surface area contributed by atoms with Crippen molar-refractivity contribution in [1.29, 1.82) is 0 Å². The lowest BCUT2D eigenvalue weighted by molar-refractivity contribution is -0.140. The first-order chi connectivity index (χ1) is 12.6. The summed E-state index contributed by atoms with van der Waals surface area (Å²) in [5.41, 5.74) is 1.03. The van der Waals surface area contributed by atoms with Gasteiger partial charge >= 0.3 is 0 Å². The van der Waals surface area contributed by atoms with Crippen molar-refractivity contribution in [2.24, 2.45) is 35.5 Å². The molecule has 0 unspecified atom stereocenters. The first kappa shape index (κ1) is 15.8. The standard InChI is InChI=1S/C21H22N2O3/c24-17(22-11-12-4-2-1-3-5-12)8-9-23-20(25)18-13-6-7-14(16-10-15(13)16)19(18)21(23)26/h1-7,13-16,18-19H,8-11H2,(H,22,24)/t13-,14-,15-,16-,18+,19+/m1/s1. The molecule has 1 aromatic rings. The van der Waals surface area contributed by atoms with Crippen molar-refractivity contribution in [2.75, 3.05) is 6.54 Å². The van der Waals surface area contributed by atoms with E-state index in [9.17, 15) is 14.4 Å². The quantitative estimate of drug-likeness (QED) is 0.650. The van der Waals surface area contributed by atoms with Crippen molar-refractivity contribution < 1.29 is 14.4 Å². The largest absolute Gasteiger partial charge is 0.352 e. The van der Waals surface area contributed by atoms with Crippen LogP contribution in [0.15, 0.2) is 42.5 Å². The van der Waals surface area contributed by atoms with Gasteiger partial charge in [0.2, 0.25) is 17.7 Å². The van der Waals surface area contributed by atoms with Gasteiger partial charge in [-0.15, -0.1) is 0 Å². The number of hydrogen-bond donors (Lipinski definition) is 1. The second-order valence-corrected chi connectivity index (χ2v) is 8.00. The van der Waals surface area contributed by atoms with Crippen molar-refractivity contribution in [3.05, 3.63) is 48.0 Å². The second kappa shape index (κ2) is 5.79. The molecule has 0 radical (unpaired) electrons. The topological polar surface area (TPSA) is 66.5 Å². The molecule has 5 aliphatic rings. The molecule has 1 aliphatic heterocycles. The summed E-state index contributed by atoms with van der Waals surface area (Å²) in [6.07, 6.45) is 5.67. The fraction of sp³-hybridized carbons (Fsp3) is 0.476. The SMILES string of the molecule is O=C(CCN1C(=O)[C@H]2[C@@H]3C=C[C@H]([C@H]4C[C@H]34)[C@@H]2C1=O)NCc1ccccc1. The monoisotopic (exact) mass is 350 g/mol. The summed E-state index contributed by atoms with van der Waals surface area (Å²) < 4.78 is 0. The van der Waals surface area contributed by atoms with Crippen molar-refractivity contribution in [2.45, 2.75) is 19.4 Å². The van der Waals surface area contributed by atoms with E-state index in [2.05, 4.69) is 17.5 Å². The molecule has 5 nitrogen and oxygen atoms in total. The minimum absolute atomic E-state index is 0.0550. The van der Waals surface area contributed by atoms with Gasteiger partial charge < -0.3 is 5.32 Å². The normalized spacial score (nSPS) is 36.1. The molecule has 134 valence electrons. The fourth-order valence-corrected chi connectivity index (χ4v) is 5.34. The van der Waals surface area contributed by atoms with Crippen LogP contribution in [0.1, 0.15) is 18.4 Å². The number of amides is 3. The number of nitrogens with one attached hydrogen (secondary N) is 1. The van der Waals surface area contributed by atoms with Crippen molar-refractivity contribution in [3.8, 4) is 0 Å². The summed E-state index contributed by atoms with van der Waals surface area (Å²) in [5.74, 6) is 1.11. The summed E-state index contributed by atoms with van der Waals surface area (Å²) in [6, 6.07) is 9.69. The van der Waals surface area contributed by atoms with Crippen LogP contribution in [-0.2, 0) is 20.9 Å². The number of carbonyl (C=O) groups excluding carboxylic acids is 3. The van der Waals surface area contributed by atoms with Gasteiger partial charge in [0.15, 0.2) is 0 Å². The highest BCUT2D eigenvalue weighted by atomic mass is 16.2. The maximum atomic E-state index is 12.8. The lowest BCUT2D eigenvalue weighted by atomic mass is 9.63. The summed E-state index contributed by atoms with van der Waals surface area (Å²) >= 11 is 0. The average Bonchev–Trinajstić information content (AvgIpc) is 3.45. The molecule has 0 spiro atoms. The Morgan fingerprint density at radius 1 is 1.00 bits per heavy atom. The summed E-state index contributed by atoms with van der Waals surface area (Å²) in [4.78, 5) is 39.2. The summed E-state index contributed by atoms with van der Waals surface area (Å²) in [7, 11) is 0. The first-order valence-corrected chi connectivity index (χ1v) is 9.49. The number of benzene rings is 1. The number of rotatable bonds is 5. The molecule has 2 bridgehead atoms. The Kier molecular flexibility index (Phi) is 3.52. The van der Waals surface area contributed by atoms with Crippen LogP contribution in [0.25, 0.3) is 0 Å². The van der Waals surface area contributed by atoms with Crippen LogP contribution in [0.4, 0.5) is 0 Å². The summed E-state index contributed by atoms with van der Waals surface area (Å²) in [6.45, 7) is 0.657. The number of allylic oxidation sites excluding steroid dienone is 2. The van der Waals surface area contributed by atoms with Gasteiger partial charge in [0.25, 0.3) is 0 Å². The van der Waals surface area contributed by atoms with E-state index in [4.69, 9.17) is 0 Å². The lowest BCUT2D eigenvalue weighted by Gasteiger charge is -2.37. The van der Waals surface area contributed by atoms with E-state index in [1.807, 2.05) is 30.3 Å². The van der Waals surface area contributed by atoms with Gasteiger partial charge in [0.05, 0.1) is 11.8 Å². The molecular weight excluding hydrogens is 328 g/mol. The highest BCUT2D eigenvalue weighted by Gasteiger charge is 2.66. The predicted molar refractivity (Wildman–Crippen MR) is 94.3 cm³/mol. The minimum Gasteiger partial charge on any atom is -0.352 e. The van der Waals surface area contributed by atoms with Crippen LogP contribution in [0.3, 0.4) is 0 Å². The first-order valence-electron chi connectivity index (χ1n) is 9.49. The number of imide groups is 1. The molecule has 0 aromatic heterocycles. The van der Waals surface area contributed by atoms with E-state index in [0.717, 1.165) is 12.0 Å². The van der Waals surface area contributed by atoms with E-state index >= 15 is 0 Å². The third-order valence-corrected chi connectivity index (χ3v) is 6.65. The number of likely N-dealkylation sites (tertiary alicyclic amines) is 1. The molecule has 5 heteroatoms. The lowest BCUT2D eigenvalue weighted by Crippen LogP contribution is -2.40. The van der Waals surface area contributed by atoms with E-state index in [1.54, 1.807) is 0 Å². The molecule has 1 heterocycles. The molecule has 6 rings (SSSR count). The Balaban J connectivity index is 1.20. The highest BCUT2D eigenvalue weighted by molar-refractivity contribution is 6.06. The van der Waals surface area contributed by atoms with Gasteiger partial charge in [-0.2, -0.15) is 0 Å². The minimum atomic E-state index is -0.173. The van der Waals surface area contributed by atoms with Gasteiger partial charge in [-0.25, -0.2) is 0 Å². The Morgan fingerprint density at radius 2 is 1.62 bits per heavy atom. The van der Waals surface area contributed by atoms with Crippen LogP contribution in [0.2, 0.25) is 0 Å². The number of nitrogens with zero attached hydrogens (tertiary/aromatic N) is 1. The van der Waals surface area contributed by atoms with Crippen molar-refractivity contribution in [3.63, 3.8) is 0 Å². The van der Waals surface area contributed by atoms with Crippen molar-refractivity contribution in [1.82, 2.24) is 10.2 Å².